The van der Waals surface area contributed by atoms with Crippen LogP contribution in [0.4, 0.5) is 0 Å². The Bertz CT molecular complexity index is 300. The van der Waals surface area contributed by atoms with Gasteiger partial charge in [-0.3, -0.25) is 4.79 Å². The third-order valence-corrected chi connectivity index (χ3v) is 5.62. The van der Waals surface area contributed by atoms with E-state index in [2.05, 4.69) is 12.2 Å². The Labute approximate surface area is 124 Å². The SMILES string of the molecule is CC1CCC(CNC(=O)C2(CN)CCCCCC2)CC1. The van der Waals surface area contributed by atoms with Crippen LogP contribution in [-0.2, 0) is 4.79 Å². The second-order valence-electron chi connectivity index (χ2n) is 7.23. The number of nitrogens with one attached hydrogen (secondary N) is 1. The van der Waals surface area contributed by atoms with Crippen molar-refractivity contribution in [3.63, 3.8) is 0 Å². The number of hydrogen-bond acceptors (Lipinski definition) is 2. The maximum Gasteiger partial charge on any atom is 0.227 e. The third kappa shape index (κ3) is 3.97. The molecule has 0 aromatic heterocycles. The molecule has 2 rings (SSSR count). The number of carbonyl (C=O) groups is 1. The molecule has 0 aromatic rings. The molecule has 0 heterocycles. The molecule has 0 aromatic carbocycles. The van der Waals surface area contributed by atoms with Crippen LogP contribution in [0.25, 0.3) is 0 Å². The molecule has 2 aliphatic rings. The Hall–Kier alpha value is -0.570. The van der Waals surface area contributed by atoms with Gasteiger partial charge in [-0.1, -0.05) is 45.4 Å². The minimum absolute atomic E-state index is 0.237. The maximum atomic E-state index is 12.6. The van der Waals surface area contributed by atoms with Gasteiger partial charge in [0.25, 0.3) is 0 Å². The number of nitrogens with two attached hydrogens (primary N) is 1. The molecule has 0 spiro atoms. The minimum atomic E-state index is -0.265. The second kappa shape index (κ2) is 7.44. The summed E-state index contributed by atoms with van der Waals surface area (Å²) < 4.78 is 0. The maximum absolute atomic E-state index is 12.6. The van der Waals surface area contributed by atoms with Crippen molar-refractivity contribution in [3.8, 4) is 0 Å². The monoisotopic (exact) mass is 280 g/mol. The van der Waals surface area contributed by atoms with Crippen LogP contribution in [0.3, 0.4) is 0 Å². The molecule has 0 radical (unpaired) electrons. The van der Waals surface area contributed by atoms with E-state index in [0.29, 0.717) is 12.5 Å². The zero-order valence-corrected chi connectivity index (χ0v) is 13.1. The van der Waals surface area contributed by atoms with Crippen LogP contribution in [0.15, 0.2) is 0 Å². The molecule has 0 atom stereocenters. The van der Waals surface area contributed by atoms with E-state index in [1.54, 1.807) is 0 Å². The molecule has 2 aliphatic carbocycles. The highest BCUT2D eigenvalue weighted by Crippen LogP contribution is 2.35. The Morgan fingerprint density at radius 1 is 1.10 bits per heavy atom. The predicted octanol–water partition coefficient (Wildman–Crippen LogP) is 3.23. The highest BCUT2D eigenvalue weighted by Gasteiger charge is 2.37. The van der Waals surface area contributed by atoms with Gasteiger partial charge < -0.3 is 11.1 Å². The first-order valence-corrected chi connectivity index (χ1v) is 8.65. The second-order valence-corrected chi connectivity index (χ2v) is 7.23. The van der Waals surface area contributed by atoms with E-state index in [-0.39, 0.29) is 11.3 Å². The number of hydrogen-bond donors (Lipinski definition) is 2. The largest absolute Gasteiger partial charge is 0.355 e. The van der Waals surface area contributed by atoms with E-state index >= 15 is 0 Å². The fourth-order valence-corrected chi connectivity index (χ4v) is 3.89. The van der Waals surface area contributed by atoms with Gasteiger partial charge in [0.05, 0.1) is 5.41 Å². The molecule has 20 heavy (non-hydrogen) atoms. The number of amides is 1. The lowest BCUT2D eigenvalue weighted by atomic mass is 9.79. The first-order chi connectivity index (χ1) is 9.66. The summed E-state index contributed by atoms with van der Waals surface area (Å²) in [5.74, 6) is 1.80. The zero-order chi connectivity index (χ0) is 14.4. The molecule has 0 unspecified atom stereocenters. The van der Waals surface area contributed by atoms with Crippen LogP contribution in [0.2, 0.25) is 0 Å². The molecule has 3 heteroatoms. The van der Waals surface area contributed by atoms with Crippen LogP contribution in [0.5, 0.6) is 0 Å². The van der Waals surface area contributed by atoms with E-state index in [4.69, 9.17) is 5.73 Å². The van der Waals surface area contributed by atoms with E-state index in [1.807, 2.05) is 0 Å². The molecule has 0 saturated heterocycles. The van der Waals surface area contributed by atoms with Gasteiger partial charge in [0, 0.05) is 13.1 Å². The van der Waals surface area contributed by atoms with Crippen molar-refractivity contribution >= 4 is 5.91 Å². The van der Waals surface area contributed by atoms with Crippen molar-refractivity contribution in [3.05, 3.63) is 0 Å². The lowest BCUT2D eigenvalue weighted by molar-refractivity contribution is -0.131. The molecule has 0 bridgehead atoms. The topological polar surface area (TPSA) is 55.1 Å². The van der Waals surface area contributed by atoms with Crippen molar-refractivity contribution < 1.29 is 4.79 Å². The summed E-state index contributed by atoms with van der Waals surface area (Å²) in [6, 6.07) is 0. The van der Waals surface area contributed by atoms with Gasteiger partial charge in [-0.2, -0.15) is 0 Å². The highest BCUT2D eigenvalue weighted by atomic mass is 16.2. The molecule has 3 nitrogen and oxygen atoms in total. The molecule has 2 saturated carbocycles. The molecule has 1 amide bonds. The molecule has 3 N–H and O–H groups in total. The Morgan fingerprint density at radius 3 is 2.25 bits per heavy atom. The number of carbonyl (C=O) groups excluding carboxylic acids is 1. The van der Waals surface area contributed by atoms with Gasteiger partial charge in [-0.15, -0.1) is 0 Å². The van der Waals surface area contributed by atoms with E-state index in [0.717, 1.165) is 38.1 Å². The van der Waals surface area contributed by atoms with Crippen LogP contribution < -0.4 is 11.1 Å². The van der Waals surface area contributed by atoms with Crippen LogP contribution >= 0.6 is 0 Å². The van der Waals surface area contributed by atoms with Gasteiger partial charge in [0.15, 0.2) is 0 Å². The summed E-state index contributed by atoms with van der Waals surface area (Å²) in [4.78, 5) is 12.6. The standard InChI is InChI=1S/C17H32N2O/c1-14-6-8-15(9-7-14)12-19-16(20)17(13-18)10-4-2-3-5-11-17/h14-15H,2-13,18H2,1H3,(H,19,20). The van der Waals surface area contributed by atoms with Crippen LogP contribution in [0.1, 0.15) is 71.1 Å². The number of rotatable bonds is 4. The summed E-state index contributed by atoms with van der Waals surface area (Å²) in [5.41, 5.74) is 5.71. The van der Waals surface area contributed by atoms with Crippen LogP contribution in [0, 0.1) is 17.3 Å². The summed E-state index contributed by atoms with van der Waals surface area (Å²) in [7, 11) is 0. The Kier molecular flexibility index (Phi) is 5.88. The Morgan fingerprint density at radius 2 is 1.70 bits per heavy atom. The van der Waals surface area contributed by atoms with E-state index in [9.17, 15) is 4.79 Å². The first-order valence-electron chi connectivity index (χ1n) is 8.65. The molecule has 0 aliphatic heterocycles. The summed E-state index contributed by atoms with van der Waals surface area (Å²) in [6.07, 6.45) is 12.0. The van der Waals surface area contributed by atoms with Gasteiger partial charge in [0.2, 0.25) is 5.91 Å². The lowest BCUT2D eigenvalue weighted by Crippen LogP contribution is -2.47. The highest BCUT2D eigenvalue weighted by molar-refractivity contribution is 5.82. The fourth-order valence-electron chi connectivity index (χ4n) is 3.89. The first kappa shape index (κ1) is 15.8. The summed E-state index contributed by atoms with van der Waals surface area (Å²) in [5, 5.41) is 3.24. The van der Waals surface area contributed by atoms with Crippen molar-refractivity contribution in [1.29, 1.82) is 0 Å². The molecular weight excluding hydrogens is 248 g/mol. The van der Waals surface area contributed by atoms with Crippen molar-refractivity contribution in [2.75, 3.05) is 13.1 Å². The Balaban J connectivity index is 1.82. The minimum Gasteiger partial charge on any atom is -0.355 e. The molecule has 116 valence electrons. The quantitative estimate of drug-likeness (QED) is 0.777. The fraction of sp³-hybridized carbons (Fsp3) is 0.941. The molecular formula is C17H32N2O. The lowest BCUT2D eigenvalue weighted by Gasteiger charge is -2.32. The van der Waals surface area contributed by atoms with E-state index < -0.39 is 0 Å². The normalized spacial score (nSPS) is 30.5. The van der Waals surface area contributed by atoms with Gasteiger partial charge in [-0.05, 0) is 37.5 Å². The predicted molar refractivity (Wildman–Crippen MR) is 83.3 cm³/mol. The van der Waals surface area contributed by atoms with Crippen molar-refractivity contribution in [2.24, 2.45) is 23.0 Å². The zero-order valence-electron chi connectivity index (χ0n) is 13.1. The third-order valence-electron chi connectivity index (χ3n) is 5.62. The smallest absolute Gasteiger partial charge is 0.227 e. The summed E-state index contributed by atoms with van der Waals surface area (Å²) >= 11 is 0. The van der Waals surface area contributed by atoms with Gasteiger partial charge in [0.1, 0.15) is 0 Å². The van der Waals surface area contributed by atoms with E-state index in [1.165, 1.54) is 38.5 Å². The van der Waals surface area contributed by atoms with Gasteiger partial charge in [-0.25, -0.2) is 0 Å². The average Bonchev–Trinajstić information content (AvgIpc) is 2.73. The average molecular weight is 280 g/mol. The summed E-state index contributed by atoms with van der Waals surface area (Å²) in [6.45, 7) is 3.72. The van der Waals surface area contributed by atoms with Crippen molar-refractivity contribution in [2.45, 2.75) is 71.1 Å². The molecule has 2 fully saturated rings. The van der Waals surface area contributed by atoms with Crippen molar-refractivity contribution in [1.82, 2.24) is 5.32 Å². The van der Waals surface area contributed by atoms with Crippen LogP contribution in [-0.4, -0.2) is 19.0 Å². The van der Waals surface area contributed by atoms with Gasteiger partial charge >= 0.3 is 0 Å².